The van der Waals surface area contributed by atoms with Gasteiger partial charge >= 0.3 is 0 Å². The van der Waals surface area contributed by atoms with Gasteiger partial charge in [0.25, 0.3) is 5.91 Å². The summed E-state index contributed by atoms with van der Waals surface area (Å²) < 4.78 is 14.6. The first-order chi connectivity index (χ1) is 13.1. The summed E-state index contributed by atoms with van der Waals surface area (Å²) in [5, 5.41) is 3.37. The van der Waals surface area contributed by atoms with Crippen LogP contribution in [0.15, 0.2) is 36.5 Å². The summed E-state index contributed by atoms with van der Waals surface area (Å²) in [6.45, 7) is 5.19. The summed E-state index contributed by atoms with van der Waals surface area (Å²) >= 11 is 0. The molecule has 1 N–H and O–H groups in total. The molecule has 1 amide bonds. The number of fused-ring (bicyclic) bond motifs is 1. The largest absolute Gasteiger partial charge is 0.363 e. The van der Waals surface area contributed by atoms with Crippen molar-refractivity contribution in [2.75, 3.05) is 11.9 Å². The van der Waals surface area contributed by atoms with E-state index in [4.69, 9.17) is 0 Å². The fraction of sp³-hybridized carbons (Fsp3) is 0.364. The van der Waals surface area contributed by atoms with E-state index in [9.17, 15) is 9.18 Å². The van der Waals surface area contributed by atoms with Crippen molar-refractivity contribution in [2.45, 2.75) is 45.7 Å². The van der Waals surface area contributed by atoms with Crippen LogP contribution in [0.2, 0.25) is 0 Å². The minimum atomic E-state index is -0.173. The number of hydrogen-bond donors (Lipinski definition) is 1. The molecule has 0 fully saturated rings. The number of carbonyl (C=O) groups is 1. The second kappa shape index (κ2) is 7.14. The molecule has 1 aromatic heterocycles. The first kappa shape index (κ1) is 17.7. The van der Waals surface area contributed by atoms with Crippen LogP contribution >= 0.6 is 0 Å². The van der Waals surface area contributed by atoms with Crippen LogP contribution in [-0.2, 0) is 6.54 Å². The van der Waals surface area contributed by atoms with E-state index in [1.807, 2.05) is 26.0 Å². The highest BCUT2D eigenvalue weighted by Crippen LogP contribution is 2.32. The SMILES string of the molecule is CCN1Cc2c(ccnc2N[C@@H](C)c2ccc(C3=CCCC3)c(F)c2)C1=O. The van der Waals surface area contributed by atoms with Crippen molar-refractivity contribution in [1.82, 2.24) is 9.88 Å². The fourth-order valence-corrected chi connectivity index (χ4v) is 3.93. The highest BCUT2D eigenvalue weighted by Gasteiger charge is 2.29. The minimum absolute atomic E-state index is 0.0471. The zero-order valence-corrected chi connectivity index (χ0v) is 15.8. The van der Waals surface area contributed by atoms with Gasteiger partial charge in [-0.15, -0.1) is 0 Å². The molecule has 0 bridgehead atoms. The quantitative estimate of drug-likeness (QED) is 0.816. The highest BCUT2D eigenvalue weighted by molar-refractivity contribution is 5.99. The molecule has 4 nitrogen and oxygen atoms in total. The third-order valence-electron chi connectivity index (χ3n) is 5.54. The molecular formula is C22H24FN3O. The summed E-state index contributed by atoms with van der Waals surface area (Å²) in [7, 11) is 0. The lowest BCUT2D eigenvalue weighted by Gasteiger charge is -2.18. The van der Waals surface area contributed by atoms with Gasteiger partial charge in [0.15, 0.2) is 0 Å². The predicted molar refractivity (Wildman–Crippen MR) is 105 cm³/mol. The zero-order valence-electron chi connectivity index (χ0n) is 15.8. The van der Waals surface area contributed by atoms with Crippen LogP contribution in [0.5, 0.6) is 0 Å². The number of allylic oxidation sites excluding steroid dienone is 2. The average Bonchev–Trinajstić information content (AvgIpc) is 3.30. The second-order valence-electron chi connectivity index (χ2n) is 7.23. The molecule has 0 spiro atoms. The van der Waals surface area contributed by atoms with Crippen molar-refractivity contribution < 1.29 is 9.18 Å². The molecule has 0 saturated heterocycles. The van der Waals surface area contributed by atoms with Gasteiger partial charge in [0.05, 0.1) is 12.6 Å². The second-order valence-corrected chi connectivity index (χ2v) is 7.23. The van der Waals surface area contributed by atoms with Crippen molar-refractivity contribution in [1.29, 1.82) is 0 Å². The Balaban J connectivity index is 1.56. The maximum Gasteiger partial charge on any atom is 0.254 e. The van der Waals surface area contributed by atoms with E-state index in [1.54, 1.807) is 23.2 Å². The molecule has 0 saturated carbocycles. The number of anilines is 1. The van der Waals surface area contributed by atoms with Crippen molar-refractivity contribution in [3.63, 3.8) is 0 Å². The summed E-state index contributed by atoms with van der Waals surface area (Å²) in [6.07, 6.45) is 6.88. The van der Waals surface area contributed by atoms with Gasteiger partial charge in [-0.2, -0.15) is 0 Å². The number of rotatable bonds is 5. The Morgan fingerprint density at radius 2 is 2.15 bits per heavy atom. The van der Waals surface area contributed by atoms with E-state index in [0.717, 1.165) is 36.0 Å². The number of amides is 1. The van der Waals surface area contributed by atoms with E-state index < -0.39 is 0 Å². The number of nitrogens with one attached hydrogen (secondary N) is 1. The number of aromatic nitrogens is 1. The van der Waals surface area contributed by atoms with Crippen LogP contribution in [0, 0.1) is 5.82 Å². The lowest BCUT2D eigenvalue weighted by molar-refractivity contribution is 0.0787. The first-order valence-electron chi connectivity index (χ1n) is 9.61. The Labute approximate surface area is 159 Å². The number of pyridine rings is 1. The molecule has 1 aliphatic carbocycles. The number of carbonyl (C=O) groups excluding carboxylic acids is 1. The molecule has 5 heteroatoms. The van der Waals surface area contributed by atoms with Gasteiger partial charge in [-0.05, 0) is 56.4 Å². The molecule has 1 atom stereocenters. The Bertz CT molecular complexity index is 922. The van der Waals surface area contributed by atoms with Crippen LogP contribution in [0.3, 0.4) is 0 Å². The lowest BCUT2D eigenvalue weighted by Crippen LogP contribution is -2.22. The summed E-state index contributed by atoms with van der Waals surface area (Å²) in [5.74, 6) is 0.575. The van der Waals surface area contributed by atoms with Crippen LogP contribution in [-0.4, -0.2) is 22.3 Å². The van der Waals surface area contributed by atoms with Gasteiger partial charge in [-0.25, -0.2) is 9.37 Å². The minimum Gasteiger partial charge on any atom is -0.363 e. The Hall–Kier alpha value is -2.69. The van der Waals surface area contributed by atoms with Gasteiger partial charge in [-0.3, -0.25) is 4.79 Å². The predicted octanol–water partition coefficient (Wildman–Crippen LogP) is 4.94. The third kappa shape index (κ3) is 3.22. The fourth-order valence-electron chi connectivity index (χ4n) is 3.93. The molecule has 2 aromatic rings. The Morgan fingerprint density at radius 3 is 2.85 bits per heavy atom. The van der Waals surface area contributed by atoms with E-state index in [-0.39, 0.29) is 17.8 Å². The smallest absolute Gasteiger partial charge is 0.254 e. The van der Waals surface area contributed by atoms with E-state index >= 15 is 0 Å². The van der Waals surface area contributed by atoms with E-state index in [1.165, 1.54) is 0 Å². The van der Waals surface area contributed by atoms with Crippen LogP contribution in [0.1, 0.15) is 66.2 Å². The number of hydrogen-bond acceptors (Lipinski definition) is 3. The van der Waals surface area contributed by atoms with Crippen molar-refractivity contribution >= 4 is 17.3 Å². The molecule has 0 radical (unpaired) electrons. The lowest BCUT2D eigenvalue weighted by atomic mass is 10.00. The summed E-state index contributed by atoms with van der Waals surface area (Å²) in [4.78, 5) is 18.6. The molecule has 27 heavy (non-hydrogen) atoms. The number of benzene rings is 1. The summed E-state index contributed by atoms with van der Waals surface area (Å²) in [6, 6.07) is 7.12. The monoisotopic (exact) mass is 365 g/mol. The molecule has 2 aliphatic rings. The van der Waals surface area contributed by atoms with Gasteiger partial charge < -0.3 is 10.2 Å². The first-order valence-corrected chi connectivity index (χ1v) is 9.61. The van der Waals surface area contributed by atoms with Crippen LogP contribution in [0.25, 0.3) is 5.57 Å². The maximum atomic E-state index is 14.6. The molecule has 2 heterocycles. The number of nitrogens with zero attached hydrogens (tertiary/aromatic N) is 2. The van der Waals surface area contributed by atoms with Crippen LogP contribution < -0.4 is 5.32 Å². The number of halogens is 1. The zero-order chi connectivity index (χ0) is 19.0. The van der Waals surface area contributed by atoms with Crippen LogP contribution in [0.4, 0.5) is 10.2 Å². The Kier molecular flexibility index (Phi) is 4.68. The molecular weight excluding hydrogens is 341 g/mol. The average molecular weight is 365 g/mol. The standard InChI is InChI=1S/C22H24FN3O/c1-3-26-13-19-18(22(26)27)10-11-24-21(19)25-14(2)16-8-9-17(20(23)12-16)15-6-4-5-7-15/h6,8-12,14H,3-5,7,13H2,1-2H3,(H,24,25)/t14-/m0/s1. The van der Waals surface area contributed by atoms with Crippen molar-refractivity contribution in [3.05, 3.63) is 64.6 Å². The van der Waals surface area contributed by atoms with Gasteiger partial charge in [0, 0.05) is 29.4 Å². The van der Waals surface area contributed by atoms with Crippen molar-refractivity contribution in [2.24, 2.45) is 0 Å². The topological polar surface area (TPSA) is 45.2 Å². The van der Waals surface area contributed by atoms with Gasteiger partial charge in [-0.1, -0.05) is 18.2 Å². The third-order valence-corrected chi connectivity index (χ3v) is 5.54. The van der Waals surface area contributed by atoms with E-state index in [0.29, 0.717) is 30.0 Å². The maximum absolute atomic E-state index is 14.6. The summed E-state index contributed by atoms with van der Waals surface area (Å²) in [5.41, 5.74) is 4.32. The highest BCUT2D eigenvalue weighted by atomic mass is 19.1. The van der Waals surface area contributed by atoms with Gasteiger partial charge in [0.2, 0.25) is 0 Å². The molecule has 0 unspecified atom stereocenters. The molecule has 1 aliphatic heterocycles. The van der Waals surface area contributed by atoms with Gasteiger partial charge in [0.1, 0.15) is 11.6 Å². The Morgan fingerprint density at radius 1 is 1.30 bits per heavy atom. The molecule has 1 aromatic carbocycles. The van der Waals surface area contributed by atoms with Crippen molar-refractivity contribution in [3.8, 4) is 0 Å². The normalized spacial score (nSPS) is 17.1. The molecule has 4 rings (SSSR count). The van der Waals surface area contributed by atoms with E-state index in [2.05, 4.69) is 16.4 Å². The molecule has 140 valence electrons.